The largest absolute Gasteiger partial charge is 0.465 e. The summed E-state index contributed by atoms with van der Waals surface area (Å²) in [6, 6.07) is 5.29. The zero-order valence-corrected chi connectivity index (χ0v) is 16.9. The van der Waals surface area contributed by atoms with Crippen LogP contribution >= 0.6 is 15.9 Å². The number of fused-ring (bicyclic) bond motifs is 1. The maximum Gasteiger partial charge on any atom is 0.407 e. The SMILES string of the molecule is CC(C)(C)c1noc(C(=O)N[C@@H]2CCN(C(=O)O)Cc3cc(Br)ccc32)n1. The van der Waals surface area contributed by atoms with Crippen molar-refractivity contribution >= 4 is 27.9 Å². The molecule has 27 heavy (non-hydrogen) atoms. The van der Waals surface area contributed by atoms with E-state index < -0.39 is 12.0 Å². The first-order valence-electron chi connectivity index (χ1n) is 8.56. The molecule has 1 aromatic heterocycles. The second-order valence-electron chi connectivity index (χ2n) is 7.54. The number of halogens is 1. The fourth-order valence-corrected chi connectivity index (χ4v) is 3.34. The van der Waals surface area contributed by atoms with E-state index in [0.717, 1.165) is 15.6 Å². The highest BCUT2D eigenvalue weighted by Gasteiger charge is 2.29. The number of amides is 2. The minimum Gasteiger partial charge on any atom is -0.465 e. The molecular formula is C18H21BrN4O4. The topological polar surface area (TPSA) is 109 Å². The van der Waals surface area contributed by atoms with Crippen molar-refractivity contribution in [1.82, 2.24) is 20.4 Å². The third-order valence-corrected chi connectivity index (χ3v) is 4.89. The zero-order valence-electron chi connectivity index (χ0n) is 15.3. The zero-order chi connectivity index (χ0) is 19.8. The van der Waals surface area contributed by atoms with E-state index in [4.69, 9.17) is 4.52 Å². The molecule has 2 aromatic rings. The minimum absolute atomic E-state index is 0.0991. The predicted molar refractivity (Wildman–Crippen MR) is 100 cm³/mol. The highest BCUT2D eigenvalue weighted by Crippen LogP contribution is 2.29. The van der Waals surface area contributed by atoms with Gasteiger partial charge in [0.05, 0.1) is 6.04 Å². The maximum atomic E-state index is 12.6. The number of carbonyl (C=O) groups is 2. The molecule has 0 saturated heterocycles. The van der Waals surface area contributed by atoms with Crippen LogP contribution in [0, 0.1) is 0 Å². The predicted octanol–water partition coefficient (Wildman–Crippen LogP) is 3.48. The van der Waals surface area contributed by atoms with Gasteiger partial charge in [-0.15, -0.1) is 0 Å². The molecular weight excluding hydrogens is 416 g/mol. The van der Waals surface area contributed by atoms with Gasteiger partial charge >= 0.3 is 17.9 Å². The van der Waals surface area contributed by atoms with Gasteiger partial charge in [0.1, 0.15) is 0 Å². The average molecular weight is 437 g/mol. The number of hydrogen-bond donors (Lipinski definition) is 2. The number of rotatable bonds is 2. The molecule has 8 nitrogen and oxygen atoms in total. The van der Waals surface area contributed by atoms with E-state index in [-0.39, 0.29) is 23.9 Å². The van der Waals surface area contributed by atoms with Crippen LogP contribution in [0.15, 0.2) is 27.2 Å². The van der Waals surface area contributed by atoms with Crippen molar-refractivity contribution in [3.63, 3.8) is 0 Å². The molecule has 3 rings (SSSR count). The smallest absolute Gasteiger partial charge is 0.407 e. The minimum atomic E-state index is -0.986. The molecule has 1 aliphatic rings. The number of carboxylic acid groups (broad SMARTS) is 1. The summed E-state index contributed by atoms with van der Waals surface area (Å²) < 4.78 is 5.96. The van der Waals surface area contributed by atoms with E-state index in [1.165, 1.54) is 4.90 Å². The van der Waals surface area contributed by atoms with Gasteiger partial charge < -0.3 is 19.8 Å². The molecule has 0 fully saturated rings. The molecule has 0 saturated carbocycles. The molecule has 0 bridgehead atoms. The summed E-state index contributed by atoms with van der Waals surface area (Å²) >= 11 is 3.42. The van der Waals surface area contributed by atoms with Crippen molar-refractivity contribution in [1.29, 1.82) is 0 Å². The molecule has 2 heterocycles. The maximum absolute atomic E-state index is 12.6. The Kier molecular flexibility index (Phi) is 5.23. The van der Waals surface area contributed by atoms with E-state index in [2.05, 4.69) is 31.4 Å². The van der Waals surface area contributed by atoms with Gasteiger partial charge in [-0.05, 0) is 29.7 Å². The van der Waals surface area contributed by atoms with Crippen LogP contribution in [0.5, 0.6) is 0 Å². The highest BCUT2D eigenvalue weighted by molar-refractivity contribution is 9.10. The van der Waals surface area contributed by atoms with Crippen molar-refractivity contribution in [2.45, 2.75) is 45.2 Å². The van der Waals surface area contributed by atoms with Crippen LogP contribution in [0.3, 0.4) is 0 Å². The van der Waals surface area contributed by atoms with Gasteiger partial charge in [0, 0.05) is 23.0 Å². The lowest BCUT2D eigenvalue weighted by atomic mass is 9.96. The second kappa shape index (κ2) is 7.30. The first kappa shape index (κ1) is 19.3. The van der Waals surface area contributed by atoms with Gasteiger partial charge in [0.2, 0.25) is 0 Å². The van der Waals surface area contributed by atoms with Crippen molar-refractivity contribution in [2.75, 3.05) is 6.54 Å². The normalized spacial score (nSPS) is 17.2. The highest BCUT2D eigenvalue weighted by atomic mass is 79.9. The number of nitrogens with one attached hydrogen (secondary N) is 1. The standard InChI is InChI=1S/C18H21BrN4O4/c1-18(2,3)16-21-15(27-22-16)14(24)20-13-6-7-23(17(25)26)9-10-8-11(19)4-5-12(10)13/h4-5,8,13H,6-7,9H2,1-3H3,(H,20,24)(H,25,26)/t13-/m1/s1. The molecule has 0 aliphatic carbocycles. The molecule has 1 atom stereocenters. The Morgan fingerprint density at radius 3 is 2.74 bits per heavy atom. The fraction of sp³-hybridized carbons (Fsp3) is 0.444. The fourth-order valence-electron chi connectivity index (χ4n) is 2.93. The average Bonchev–Trinajstić information content (AvgIpc) is 3.01. The number of aromatic nitrogens is 2. The van der Waals surface area contributed by atoms with Crippen molar-refractivity contribution in [3.8, 4) is 0 Å². The number of hydrogen-bond acceptors (Lipinski definition) is 5. The van der Waals surface area contributed by atoms with Crippen LogP contribution in [0.4, 0.5) is 4.79 Å². The third-order valence-electron chi connectivity index (χ3n) is 4.40. The van der Waals surface area contributed by atoms with Crippen molar-refractivity contribution in [2.24, 2.45) is 0 Å². The van der Waals surface area contributed by atoms with E-state index >= 15 is 0 Å². The molecule has 2 amide bonds. The Morgan fingerprint density at radius 2 is 2.11 bits per heavy atom. The summed E-state index contributed by atoms with van der Waals surface area (Å²) in [6.07, 6.45) is -0.535. The summed E-state index contributed by atoms with van der Waals surface area (Å²) in [5, 5.41) is 16.2. The van der Waals surface area contributed by atoms with Crippen molar-refractivity contribution in [3.05, 3.63) is 45.5 Å². The van der Waals surface area contributed by atoms with Crippen LogP contribution in [-0.4, -0.2) is 38.7 Å². The molecule has 2 N–H and O–H groups in total. The summed E-state index contributed by atoms with van der Waals surface area (Å²) in [5.74, 6) is -0.117. The first-order valence-corrected chi connectivity index (χ1v) is 9.35. The van der Waals surface area contributed by atoms with Crippen LogP contribution in [0.2, 0.25) is 0 Å². The van der Waals surface area contributed by atoms with E-state index in [9.17, 15) is 14.7 Å². The number of nitrogens with zero attached hydrogens (tertiary/aromatic N) is 3. The van der Waals surface area contributed by atoms with Gasteiger partial charge in [-0.2, -0.15) is 4.98 Å². The number of carbonyl (C=O) groups excluding carboxylic acids is 1. The van der Waals surface area contributed by atoms with Gasteiger partial charge in [-0.1, -0.05) is 47.9 Å². The summed E-state index contributed by atoms with van der Waals surface area (Å²) in [6.45, 7) is 6.37. The van der Waals surface area contributed by atoms with E-state index in [1.807, 2.05) is 39.0 Å². The number of benzene rings is 1. The molecule has 0 spiro atoms. The lowest BCUT2D eigenvalue weighted by molar-refractivity contribution is 0.0888. The van der Waals surface area contributed by atoms with Crippen molar-refractivity contribution < 1.29 is 19.2 Å². The quantitative estimate of drug-likeness (QED) is 0.745. The molecule has 0 unspecified atom stereocenters. The lowest BCUT2D eigenvalue weighted by Crippen LogP contribution is -2.32. The first-order chi connectivity index (χ1) is 12.6. The van der Waals surface area contributed by atoms with Gasteiger partial charge in [-0.25, -0.2) is 4.79 Å². The van der Waals surface area contributed by atoms with Crippen LogP contribution < -0.4 is 5.32 Å². The third kappa shape index (κ3) is 4.29. The Labute approximate surface area is 165 Å². The van der Waals surface area contributed by atoms with Gasteiger partial charge in [0.15, 0.2) is 5.82 Å². The monoisotopic (exact) mass is 436 g/mol. The lowest BCUT2D eigenvalue weighted by Gasteiger charge is -2.18. The summed E-state index contributed by atoms with van der Waals surface area (Å²) in [4.78, 5) is 29.6. The Morgan fingerprint density at radius 1 is 1.37 bits per heavy atom. The molecule has 1 aliphatic heterocycles. The van der Waals surface area contributed by atoms with E-state index in [1.54, 1.807) is 0 Å². The molecule has 144 valence electrons. The second-order valence-corrected chi connectivity index (χ2v) is 8.45. The molecule has 0 radical (unpaired) electrons. The summed E-state index contributed by atoms with van der Waals surface area (Å²) in [7, 11) is 0. The Bertz CT molecular complexity index is 874. The molecule has 1 aromatic carbocycles. The van der Waals surface area contributed by atoms with Gasteiger partial charge in [-0.3, -0.25) is 4.79 Å². The van der Waals surface area contributed by atoms with Crippen LogP contribution in [0.25, 0.3) is 0 Å². The Balaban J connectivity index is 1.85. The Hall–Kier alpha value is -2.42. The van der Waals surface area contributed by atoms with Crippen LogP contribution in [0.1, 0.15) is 60.9 Å². The van der Waals surface area contributed by atoms with Crippen LogP contribution in [-0.2, 0) is 12.0 Å². The summed E-state index contributed by atoms with van der Waals surface area (Å²) in [5.41, 5.74) is 1.40. The van der Waals surface area contributed by atoms with E-state index in [0.29, 0.717) is 18.8 Å². The molecule has 9 heteroatoms. The van der Waals surface area contributed by atoms with Gasteiger partial charge in [0.25, 0.3) is 0 Å².